The second-order valence-corrected chi connectivity index (χ2v) is 14.6. The van der Waals surface area contributed by atoms with Crippen LogP contribution >= 0.6 is 0 Å². The summed E-state index contributed by atoms with van der Waals surface area (Å²) < 4.78 is 2.36. The van der Waals surface area contributed by atoms with Gasteiger partial charge in [-0.3, -0.25) is 0 Å². The van der Waals surface area contributed by atoms with Gasteiger partial charge in [-0.25, -0.2) is 9.98 Å². The van der Waals surface area contributed by atoms with E-state index in [-0.39, 0.29) is 12.0 Å². The molecule has 3 heterocycles. The van der Waals surface area contributed by atoms with Crippen LogP contribution in [0.4, 0.5) is 5.69 Å². The molecule has 3 aromatic carbocycles. The number of amidine groups is 2. The molecule has 0 spiro atoms. The van der Waals surface area contributed by atoms with Gasteiger partial charge < -0.3 is 14.4 Å². The standard InChI is InChI=1S/C50H47N7/c1-8-18-42(50-54-48(34(4)21-16-20-33(3)31-51)53-49(55(50)7)38-23-17-22-37(30-38)32-52)47(57-45-28-14-11-25-40(45)41-26-12-15-29-46(41)57)36(6)56-43(19-9-2)35(5)39-24-10-13-27-44(39)56/h8-16,18-22,24-30,35,43,50H,4,6,17,23H2,1-3,5,7H3/b18-8-,19-9-,21-16-,33-20+,47-42-. The molecule has 3 aliphatic rings. The molecule has 2 aliphatic heterocycles. The summed E-state index contributed by atoms with van der Waals surface area (Å²) in [6.07, 6.45) is 18.8. The Balaban J connectivity index is 1.55. The molecule has 1 aliphatic carbocycles. The molecule has 0 saturated carbocycles. The van der Waals surface area contributed by atoms with Crippen LogP contribution in [0.2, 0.25) is 0 Å². The van der Waals surface area contributed by atoms with Crippen molar-refractivity contribution in [3.8, 4) is 12.1 Å². The number of benzene rings is 3. The van der Waals surface area contributed by atoms with Gasteiger partial charge in [-0.2, -0.15) is 10.5 Å². The lowest BCUT2D eigenvalue weighted by Crippen LogP contribution is -2.43. The summed E-state index contributed by atoms with van der Waals surface area (Å²) in [7, 11) is 2.03. The molecule has 3 unspecified atom stereocenters. The molecule has 7 nitrogen and oxygen atoms in total. The zero-order valence-corrected chi connectivity index (χ0v) is 33.3. The van der Waals surface area contributed by atoms with Crippen LogP contribution in [0.3, 0.4) is 0 Å². The second kappa shape index (κ2) is 16.4. The molecule has 0 saturated heterocycles. The van der Waals surface area contributed by atoms with E-state index in [1.807, 2.05) is 38.3 Å². The summed E-state index contributed by atoms with van der Waals surface area (Å²) >= 11 is 0. The predicted molar refractivity (Wildman–Crippen MR) is 238 cm³/mol. The van der Waals surface area contributed by atoms with E-state index in [9.17, 15) is 10.5 Å². The Hall–Kier alpha value is -6.96. The van der Waals surface area contributed by atoms with Crippen LogP contribution in [0.25, 0.3) is 27.5 Å². The van der Waals surface area contributed by atoms with Gasteiger partial charge in [-0.15, -0.1) is 0 Å². The number of hydrogen-bond donors (Lipinski definition) is 0. The molecule has 0 fully saturated rings. The number of para-hydroxylation sites is 3. The van der Waals surface area contributed by atoms with Gasteiger partial charge in [0.2, 0.25) is 0 Å². The number of anilines is 1. The number of aromatic nitrogens is 1. The van der Waals surface area contributed by atoms with Gasteiger partial charge in [0.25, 0.3) is 0 Å². The molecule has 282 valence electrons. The van der Waals surface area contributed by atoms with E-state index in [1.165, 1.54) is 5.56 Å². The minimum absolute atomic E-state index is 0.0218. The van der Waals surface area contributed by atoms with Crippen LogP contribution in [0.5, 0.6) is 0 Å². The van der Waals surface area contributed by atoms with Crippen molar-refractivity contribution in [3.63, 3.8) is 0 Å². The molecule has 4 aromatic rings. The summed E-state index contributed by atoms with van der Waals surface area (Å²) in [5, 5.41) is 21.6. The Kier molecular flexibility index (Phi) is 11.0. The van der Waals surface area contributed by atoms with Crippen molar-refractivity contribution in [2.75, 3.05) is 11.9 Å². The second-order valence-electron chi connectivity index (χ2n) is 14.6. The molecule has 7 rings (SSSR count). The Morgan fingerprint density at radius 2 is 1.60 bits per heavy atom. The maximum atomic E-state index is 9.92. The lowest BCUT2D eigenvalue weighted by atomic mass is 9.96. The minimum Gasteiger partial charge on any atom is -0.333 e. The first-order valence-corrected chi connectivity index (χ1v) is 19.4. The molecule has 0 radical (unpaired) electrons. The Morgan fingerprint density at radius 1 is 0.912 bits per heavy atom. The van der Waals surface area contributed by atoms with E-state index in [0.717, 1.165) is 68.7 Å². The van der Waals surface area contributed by atoms with Crippen LogP contribution in [0, 0.1) is 22.7 Å². The lowest BCUT2D eigenvalue weighted by molar-refractivity contribution is 0.419. The highest BCUT2D eigenvalue weighted by Gasteiger charge is 2.39. The zero-order valence-electron chi connectivity index (χ0n) is 33.3. The first-order valence-electron chi connectivity index (χ1n) is 19.4. The van der Waals surface area contributed by atoms with Crippen LogP contribution in [-0.4, -0.2) is 40.4 Å². The fourth-order valence-corrected chi connectivity index (χ4v) is 8.24. The normalized spacial score (nSPS) is 20.3. The zero-order chi connectivity index (χ0) is 40.2. The SMILES string of the molecule is C=C(/C=C\C=C(/C)C#N)C1=NC(C(/C=C\C)=C(/C(=C)N2c3ccccc3C(C)C2/C=C\C)n2c3ccccc3c3ccccc32)N(C)C(C2=CC(C#N)=CCC2)=N1. The quantitative estimate of drug-likeness (QED) is 0.0919. The van der Waals surface area contributed by atoms with Crippen LogP contribution in [0.15, 0.2) is 184 Å². The number of likely N-dealkylation sites (N-methyl/N-ethyl adjacent to an activating group) is 1. The van der Waals surface area contributed by atoms with Gasteiger partial charge in [0, 0.05) is 51.7 Å². The molecule has 0 N–H and O–H groups in total. The lowest BCUT2D eigenvalue weighted by Gasteiger charge is -2.37. The van der Waals surface area contributed by atoms with E-state index >= 15 is 0 Å². The van der Waals surface area contributed by atoms with Crippen molar-refractivity contribution in [2.24, 2.45) is 9.98 Å². The van der Waals surface area contributed by atoms with Gasteiger partial charge in [0.15, 0.2) is 12.0 Å². The number of allylic oxidation sites excluding steroid dienone is 9. The smallest absolute Gasteiger partial charge is 0.158 e. The van der Waals surface area contributed by atoms with Gasteiger partial charge in [-0.1, -0.05) is 117 Å². The first-order chi connectivity index (χ1) is 27.7. The number of fused-ring (bicyclic) bond motifs is 4. The minimum atomic E-state index is -0.579. The van der Waals surface area contributed by atoms with Gasteiger partial charge >= 0.3 is 0 Å². The van der Waals surface area contributed by atoms with E-state index in [4.69, 9.17) is 16.6 Å². The number of aliphatic imine (C=N–C) groups is 2. The van der Waals surface area contributed by atoms with Gasteiger partial charge in [0.05, 0.1) is 40.6 Å². The number of rotatable bonds is 10. The number of hydrogen-bond acceptors (Lipinski definition) is 6. The van der Waals surface area contributed by atoms with Crippen LogP contribution in [0.1, 0.15) is 52.0 Å². The maximum Gasteiger partial charge on any atom is 0.158 e. The van der Waals surface area contributed by atoms with E-state index < -0.39 is 6.17 Å². The average Bonchev–Trinajstić information content (AvgIpc) is 3.71. The van der Waals surface area contributed by atoms with Gasteiger partial charge in [-0.05, 0) is 75.1 Å². The molecular weight excluding hydrogens is 699 g/mol. The van der Waals surface area contributed by atoms with Crippen molar-refractivity contribution in [3.05, 3.63) is 180 Å². The Labute approximate surface area is 336 Å². The van der Waals surface area contributed by atoms with Crippen LogP contribution < -0.4 is 4.90 Å². The highest BCUT2D eigenvalue weighted by Crippen LogP contribution is 2.47. The summed E-state index contributed by atoms with van der Waals surface area (Å²) in [5.74, 6) is 1.42. The summed E-state index contributed by atoms with van der Waals surface area (Å²) in [6, 6.07) is 30.2. The van der Waals surface area contributed by atoms with Crippen molar-refractivity contribution in [2.45, 2.75) is 58.7 Å². The fourth-order valence-electron chi connectivity index (χ4n) is 8.24. The maximum absolute atomic E-state index is 9.92. The largest absolute Gasteiger partial charge is 0.333 e. The molecule has 0 amide bonds. The molecule has 7 heteroatoms. The van der Waals surface area contributed by atoms with E-state index in [0.29, 0.717) is 22.6 Å². The third kappa shape index (κ3) is 7.05. The molecule has 57 heavy (non-hydrogen) atoms. The van der Waals surface area contributed by atoms with E-state index in [1.54, 1.807) is 13.0 Å². The topological polar surface area (TPSA) is 83.7 Å². The molecule has 3 atom stereocenters. The molecule has 1 aromatic heterocycles. The van der Waals surface area contributed by atoms with Crippen molar-refractivity contribution < 1.29 is 0 Å². The number of nitrogens with zero attached hydrogens (tertiary/aromatic N) is 7. The van der Waals surface area contributed by atoms with Crippen molar-refractivity contribution in [1.29, 1.82) is 10.5 Å². The van der Waals surface area contributed by atoms with Gasteiger partial charge in [0.1, 0.15) is 5.84 Å². The van der Waals surface area contributed by atoms with Crippen molar-refractivity contribution >= 4 is 44.9 Å². The predicted octanol–water partition coefficient (Wildman–Crippen LogP) is 11.5. The average molecular weight is 746 g/mol. The van der Waals surface area contributed by atoms with E-state index in [2.05, 4.69) is 144 Å². The van der Waals surface area contributed by atoms with Crippen molar-refractivity contribution in [1.82, 2.24) is 9.47 Å². The van der Waals surface area contributed by atoms with Crippen LogP contribution in [-0.2, 0) is 0 Å². The Bertz CT molecular complexity index is 2620. The summed E-state index contributed by atoms with van der Waals surface area (Å²) in [6.45, 7) is 17.6. The highest BCUT2D eigenvalue weighted by molar-refractivity contribution is 6.14. The highest BCUT2D eigenvalue weighted by atomic mass is 15.3. The molecule has 0 bridgehead atoms. The Morgan fingerprint density at radius 3 is 2.26 bits per heavy atom. The monoisotopic (exact) mass is 745 g/mol. The third-order valence-corrected chi connectivity index (χ3v) is 10.9. The third-order valence-electron chi connectivity index (χ3n) is 10.9. The summed E-state index contributed by atoms with van der Waals surface area (Å²) in [5.41, 5.74) is 9.94. The number of nitriles is 2. The summed E-state index contributed by atoms with van der Waals surface area (Å²) in [4.78, 5) is 15.1. The fraction of sp³-hybridized carbons (Fsp3) is 0.200. The first kappa shape index (κ1) is 38.3. The molecular formula is C50H47N7.